The molecule has 1 heterocycles. The fraction of sp³-hybridized carbons (Fsp3) is 0.533. The molecule has 1 aromatic carbocycles. The zero-order valence-electron chi connectivity index (χ0n) is 11.0. The molecule has 0 saturated heterocycles. The van der Waals surface area contributed by atoms with Crippen molar-refractivity contribution in [3.05, 3.63) is 24.3 Å². The van der Waals surface area contributed by atoms with E-state index in [1.54, 1.807) is 0 Å². The summed E-state index contributed by atoms with van der Waals surface area (Å²) < 4.78 is 5.71. The Morgan fingerprint density at radius 1 is 1.17 bits per heavy atom. The number of rotatable bonds is 2. The molecule has 1 saturated carbocycles. The lowest BCUT2D eigenvalue weighted by Gasteiger charge is -2.32. The summed E-state index contributed by atoms with van der Waals surface area (Å²) in [5, 5.41) is 3.44. The minimum absolute atomic E-state index is 0.504. The van der Waals surface area contributed by atoms with E-state index in [-0.39, 0.29) is 0 Å². The first kappa shape index (κ1) is 11.6. The fourth-order valence-electron chi connectivity index (χ4n) is 2.79. The first-order chi connectivity index (χ1) is 8.72. The molecular weight excluding hydrogens is 224 g/mol. The highest BCUT2D eigenvalue weighted by Crippen LogP contribution is 2.31. The molecule has 0 spiro atoms. The maximum absolute atomic E-state index is 5.71. The maximum Gasteiger partial charge on any atom is 0.295 e. The number of hydrogen-bond donors (Lipinski definition) is 1. The van der Waals surface area contributed by atoms with E-state index in [9.17, 15) is 0 Å². The summed E-state index contributed by atoms with van der Waals surface area (Å²) in [6.45, 7) is 4.69. The highest BCUT2D eigenvalue weighted by molar-refractivity contribution is 5.74. The summed E-state index contributed by atoms with van der Waals surface area (Å²) in [7, 11) is 0. The number of fused-ring (bicyclic) bond motifs is 1. The second-order valence-corrected chi connectivity index (χ2v) is 5.60. The highest BCUT2D eigenvalue weighted by Gasteiger charge is 2.25. The van der Waals surface area contributed by atoms with Crippen molar-refractivity contribution in [2.45, 2.75) is 39.2 Å². The number of nitrogens with one attached hydrogen (secondary N) is 1. The second-order valence-electron chi connectivity index (χ2n) is 5.60. The summed E-state index contributed by atoms with van der Waals surface area (Å²) in [5.74, 6) is 1.62. The largest absolute Gasteiger partial charge is 0.424 e. The minimum Gasteiger partial charge on any atom is -0.424 e. The highest BCUT2D eigenvalue weighted by atomic mass is 16.4. The van der Waals surface area contributed by atoms with Crippen molar-refractivity contribution < 1.29 is 4.42 Å². The van der Waals surface area contributed by atoms with Crippen LogP contribution in [0.5, 0.6) is 0 Å². The molecule has 1 fully saturated rings. The van der Waals surface area contributed by atoms with Crippen LogP contribution in [0.4, 0.5) is 6.01 Å². The zero-order valence-corrected chi connectivity index (χ0v) is 11.0. The first-order valence-corrected chi connectivity index (χ1v) is 6.84. The molecule has 0 bridgehead atoms. The lowest BCUT2D eigenvalue weighted by Crippen LogP contribution is -2.30. The fourth-order valence-corrected chi connectivity index (χ4v) is 2.79. The molecular formula is C15H20N2O. The predicted molar refractivity (Wildman–Crippen MR) is 73.6 cm³/mol. The smallest absolute Gasteiger partial charge is 0.295 e. The number of nitrogens with zero attached hydrogens (tertiary/aromatic N) is 1. The third kappa shape index (κ3) is 2.22. The van der Waals surface area contributed by atoms with Crippen molar-refractivity contribution in [2.24, 2.45) is 11.8 Å². The van der Waals surface area contributed by atoms with Gasteiger partial charge in [0.25, 0.3) is 6.01 Å². The maximum atomic E-state index is 5.71. The summed E-state index contributed by atoms with van der Waals surface area (Å²) in [5.41, 5.74) is 1.79. The van der Waals surface area contributed by atoms with Gasteiger partial charge in [-0.05, 0) is 43.2 Å². The zero-order chi connectivity index (χ0) is 12.5. The minimum atomic E-state index is 0.504. The average Bonchev–Trinajstić information content (AvgIpc) is 2.76. The van der Waals surface area contributed by atoms with E-state index >= 15 is 0 Å². The molecule has 0 aliphatic heterocycles. The second kappa shape index (κ2) is 4.63. The van der Waals surface area contributed by atoms with Crippen LogP contribution in [0, 0.1) is 11.8 Å². The Labute approximate surface area is 108 Å². The van der Waals surface area contributed by atoms with E-state index in [4.69, 9.17) is 4.42 Å². The first-order valence-electron chi connectivity index (χ1n) is 6.84. The van der Waals surface area contributed by atoms with E-state index in [0.717, 1.165) is 22.9 Å². The SMILES string of the molecule is CC1CCC(Nc2nc3ccccc3o2)CC1C. The van der Waals surface area contributed by atoms with Gasteiger partial charge in [-0.25, -0.2) is 0 Å². The molecule has 18 heavy (non-hydrogen) atoms. The summed E-state index contributed by atoms with van der Waals surface area (Å²) in [6, 6.07) is 9.07. The molecule has 1 aliphatic carbocycles. The van der Waals surface area contributed by atoms with Crippen LogP contribution in [0.15, 0.2) is 28.7 Å². The number of benzene rings is 1. The van der Waals surface area contributed by atoms with Gasteiger partial charge in [-0.15, -0.1) is 0 Å². The average molecular weight is 244 g/mol. The number of para-hydroxylation sites is 2. The van der Waals surface area contributed by atoms with Gasteiger partial charge < -0.3 is 9.73 Å². The number of hydrogen-bond acceptors (Lipinski definition) is 3. The Balaban J connectivity index is 1.72. The van der Waals surface area contributed by atoms with Gasteiger partial charge in [0.05, 0.1) is 0 Å². The summed E-state index contributed by atoms with van der Waals surface area (Å²) >= 11 is 0. The van der Waals surface area contributed by atoms with Crippen molar-refractivity contribution in [3.63, 3.8) is 0 Å². The third-order valence-corrected chi connectivity index (χ3v) is 4.22. The number of oxazole rings is 1. The number of anilines is 1. The van der Waals surface area contributed by atoms with Gasteiger partial charge in [0, 0.05) is 6.04 Å². The van der Waals surface area contributed by atoms with Crippen molar-refractivity contribution >= 4 is 17.1 Å². The molecule has 3 atom stereocenters. The van der Waals surface area contributed by atoms with Crippen molar-refractivity contribution in [3.8, 4) is 0 Å². The predicted octanol–water partition coefficient (Wildman–Crippen LogP) is 4.06. The molecule has 1 N–H and O–H groups in total. The van der Waals surface area contributed by atoms with Gasteiger partial charge in [-0.2, -0.15) is 4.98 Å². The Morgan fingerprint density at radius 3 is 2.78 bits per heavy atom. The van der Waals surface area contributed by atoms with Crippen LogP contribution in [-0.4, -0.2) is 11.0 Å². The van der Waals surface area contributed by atoms with Crippen molar-refractivity contribution in [1.29, 1.82) is 0 Å². The summed E-state index contributed by atoms with van der Waals surface area (Å²) in [4.78, 5) is 4.47. The van der Waals surface area contributed by atoms with Gasteiger partial charge in [-0.3, -0.25) is 0 Å². The Morgan fingerprint density at radius 2 is 2.00 bits per heavy atom. The molecule has 0 radical (unpaired) electrons. The molecule has 96 valence electrons. The van der Waals surface area contributed by atoms with Crippen LogP contribution in [0.1, 0.15) is 33.1 Å². The van der Waals surface area contributed by atoms with Gasteiger partial charge in [-0.1, -0.05) is 26.0 Å². The third-order valence-electron chi connectivity index (χ3n) is 4.22. The van der Waals surface area contributed by atoms with Crippen molar-refractivity contribution in [2.75, 3.05) is 5.32 Å². The van der Waals surface area contributed by atoms with Crippen LogP contribution in [0.3, 0.4) is 0 Å². The Hall–Kier alpha value is -1.51. The quantitative estimate of drug-likeness (QED) is 0.865. The Bertz CT molecular complexity index is 501. The van der Waals surface area contributed by atoms with Crippen LogP contribution >= 0.6 is 0 Å². The van der Waals surface area contributed by atoms with E-state index in [1.165, 1.54) is 19.3 Å². The van der Waals surface area contributed by atoms with Crippen LogP contribution < -0.4 is 5.32 Å². The van der Waals surface area contributed by atoms with Crippen LogP contribution in [0.2, 0.25) is 0 Å². The van der Waals surface area contributed by atoms with Gasteiger partial charge in [0.15, 0.2) is 5.58 Å². The summed E-state index contributed by atoms with van der Waals surface area (Å²) in [6.07, 6.45) is 3.71. The van der Waals surface area contributed by atoms with Crippen molar-refractivity contribution in [1.82, 2.24) is 4.98 Å². The molecule has 3 heteroatoms. The topological polar surface area (TPSA) is 38.1 Å². The monoisotopic (exact) mass is 244 g/mol. The van der Waals surface area contributed by atoms with Crippen LogP contribution in [0.25, 0.3) is 11.1 Å². The normalized spacial score (nSPS) is 28.4. The Kier molecular flexibility index (Phi) is 2.98. The lowest BCUT2D eigenvalue weighted by atomic mass is 9.79. The van der Waals surface area contributed by atoms with Gasteiger partial charge in [0.2, 0.25) is 0 Å². The van der Waals surface area contributed by atoms with Gasteiger partial charge in [0.1, 0.15) is 5.52 Å². The molecule has 2 aromatic rings. The standard InChI is InChI=1S/C15H20N2O/c1-10-7-8-12(9-11(10)2)16-15-17-13-5-3-4-6-14(13)18-15/h3-6,10-12H,7-9H2,1-2H3,(H,16,17). The van der Waals surface area contributed by atoms with Gasteiger partial charge >= 0.3 is 0 Å². The van der Waals surface area contributed by atoms with Crippen LogP contribution in [-0.2, 0) is 0 Å². The molecule has 3 nitrogen and oxygen atoms in total. The van der Waals surface area contributed by atoms with E-state index in [2.05, 4.69) is 24.1 Å². The molecule has 1 aromatic heterocycles. The van der Waals surface area contributed by atoms with E-state index in [0.29, 0.717) is 12.1 Å². The number of aromatic nitrogens is 1. The molecule has 1 aliphatic rings. The molecule has 3 rings (SSSR count). The van der Waals surface area contributed by atoms with E-state index in [1.807, 2.05) is 24.3 Å². The lowest BCUT2D eigenvalue weighted by molar-refractivity contribution is 0.259. The molecule has 0 amide bonds. The molecule has 3 unspecified atom stereocenters. The van der Waals surface area contributed by atoms with E-state index < -0.39 is 0 Å².